The van der Waals surface area contributed by atoms with Crippen molar-refractivity contribution in [3.63, 3.8) is 0 Å². The lowest BCUT2D eigenvalue weighted by molar-refractivity contribution is 0.110. The van der Waals surface area contributed by atoms with Gasteiger partial charge >= 0.3 is 6.03 Å². The van der Waals surface area contributed by atoms with Crippen LogP contribution in [-0.2, 0) is 0 Å². The number of nitrogens with one attached hydrogen (secondary N) is 1. The Bertz CT molecular complexity index is 388. The highest BCUT2D eigenvalue weighted by Gasteiger charge is 2.28. The van der Waals surface area contributed by atoms with Crippen molar-refractivity contribution in [3.8, 4) is 0 Å². The molecule has 3 aliphatic rings. The Labute approximate surface area is 146 Å². The first-order chi connectivity index (χ1) is 11.7. The van der Waals surface area contributed by atoms with Crippen LogP contribution in [0.5, 0.6) is 0 Å². The van der Waals surface area contributed by atoms with E-state index in [0.717, 1.165) is 45.2 Å². The third-order valence-electron chi connectivity index (χ3n) is 6.05. The molecule has 0 aromatic rings. The molecule has 1 aliphatic carbocycles. The molecule has 0 spiro atoms. The highest BCUT2D eigenvalue weighted by atomic mass is 16.3. The van der Waals surface area contributed by atoms with Crippen LogP contribution in [0, 0.1) is 5.92 Å². The van der Waals surface area contributed by atoms with Gasteiger partial charge in [-0.05, 0) is 70.4 Å². The topological polar surface area (TPSA) is 55.8 Å². The number of nitrogens with zero attached hydrogens (tertiary/aromatic N) is 2. The maximum Gasteiger partial charge on any atom is 0.317 e. The maximum absolute atomic E-state index is 12.6. The summed E-state index contributed by atoms with van der Waals surface area (Å²) in [5.41, 5.74) is 0. The number of hydrogen-bond donors (Lipinski definition) is 2. The number of piperidine rings is 1. The van der Waals surface area contributed by atoms with Crippen LogP contribution in [0.15, 0.2) is 0 Å². The minimum Gasteiger partial charge on any atom is -0.393 e. The molecule has 5 nitrogen and oxygen atoms in total. The smallest absolute Gasteiger partial charge is 0.317 e. The van der Waals surface area contributed by atoms with Gasteiger partial charge in [0.1, 0.15) is 0 Å². The van der Waals surface area contributed by atoms with Gasteiger partial charge in [0.2, 0.25) is 0 Å². The first-order valence-corrected chi connectivity index (χ1v) is 10.2. The van der Waals surface area contributed by atoms with Gasteiger partial charge < -0.3 is 20.2 Å². The molecule has 3 rings (SSSR count). The fraction of sp³-hybridized carbons (Fsp3) is 0.947. The molecule has 2 heterocycles. The second-order valence-electron chi connectivity index (χ2n) is 8.12. The summed E-state index contributed by atoms with van der Waals surface area (Å²) in [6.45, 7) is 5.47. The number of aliphatic hydroxyl groups excluding tert-OH is 1. The molecular weight excluding hydrogens is 302 g/mol. The average Bonchev–Trinajstić information content (AvgIpc) is 2.86. The standard InChI is InChI=1S/C19H35N3O2/c23-18-9-7-17(8-10-18)20-19(24)22-13-5-6-16(15-22)14-21-11-3-1-2-4-12-21/h16-18,23H,1-15H2,(H,20,24)/t16-,17?,18?/m0/s1. The summed E-state index contributed by atoms with van der Waals surface area (Å²) in [6.07, 6.45) is 11.1. The molecule has 1 saturated carbocycles. The Morgan fingerprint density at radius 3 is 2.33 bits per heavy atom. The van der Waals surface area contributed by atoms with Gasteiger partial charge in [0.05, 0.1) is 6.10 Å². The van der Waals surface area contributed by atoms with E-state index in [4.69, 9.17) is 0 Å². The molecule has 24 heavy (non-hydrogen) atoms. The second kappa shape index (κ2) is 9.04. The van der Waals surface area contributed by atoms with Crippen molar-refractivity contribution in [2.75, 3.05) is 32.7 Å². The summed E-state index contributed by atoms with van der Waals surface area (Å²) in [6, 6.07) is 0.379. The Morgan fingerprint density at radius 1 is 0.917 bits per heavy atom. The molecule has 0 aromatic carbocycles. The summed E-state index contributed by atoms with van der Waals surface area (Å²) in [7, 11) is 0. The lowest BCUT2D eigenvalue weighted by atomic mass is 9.93. The maximum atomic E-state index is 12.6. The number of amides is 2. The molecule has 2 aliphatic heterocycles. The van der Waals surface area contributed by atoms with E-state index in [0.29, 0.717) is 5.92 Å². The minimum absolute atomic E-state index is 0.122. The molecule has 3 fully saturated rings. The molecule has 0 unspecified atom stereocenters. The van der Waals surface area contributed by atoms with Crippen molar-refractivity contribution in [3.05, 3.63) is 0 Å². The van der Waals surface area contributed by atoms with E-state index >= 15 is 0 Å². The monoisotopic (exact) mass is 337 g/mol. The lowest BCUT2D eigenvalue weighted by Crippen LogP contribution is -2.51. The Hall–Kier alpha value is -0.810. The van der Waals surface area contributed by atoms with Gasteiger partial charge in [-0.2, -0.15) is 0 Å². The first-order valence-electron chi connectivity index (χ1n) is 10.2. The predicted molar refractivity (Wildman–Crippen MR) is 96.0 cm³/mol. The Balaban J connectivity index is 1.43. The summed E-state index contributed by atoms with van der Waals surface area (Å²) in [5.74, 6) is 0.635. The number of rotatable bonds is 3. The van der Waals surface area contributed by atoms with Crippen LogP contribution in [0.25, 0.3) is 0 Å². The Kier molecular flexibility index (Phi) is 6.78. The largest absolute Gasteiger partial charge is 0.393 e. The molecule has 2 saturated heterocycles. The van der Waals surface area contributed by atoms with Gasteiger partial charge in [-0.3, -0.25) is 0 Å². The predicted octanol–water partition coefficient (Wildman–Crippen LogP) is 2.59. The molecule has 1 atom stereocenters. The molecular formula is C19H35N3O2. The van der Waals surface area contributed by atoms with E-state index in [-0.39, 0.29) is 18.2 Å². The number of carbonyl (C=O) groups excluding carboxylic acids is 1. The molecule has 0 aromatic heterocycles. The van der Waals surface area contributed by atoms with Gasteiger partial charge in [0, 0.05) is 25.7 Å². The van der Waals surface area contributed by atoms with Gasteiger partial charge in [-0.1, -0.05) is 12.8 Å². The van der Waals surface area contributed by atoms with E-state index in [9.17, 15) is 9.90 Å². The quantitative estimate of drug-likeness (QED) is 0.832. The van der Waals surface area contributed by atoms with E-state index in [2.05, 4.69) is 10.2 Å². The third kappa shape index (κ3) is 5.35. The molecule has 2 N–H and O–H groups in total. The van der Waals surface area contributed by atoms with Gasteiger partial charge in [-0.15, -0.1) is 0 Å². The zero-order valence-corrected chi connectivity index (χ0v) is 15.1. The number of likely N-dealkylation sites (tertiary alicyclic amines) is 2. The molecule has 2 amide bonds. The first kappa shape index (κ1) is 18.0. The fourth-order valence-corrected chi connectivity index (χ4v) is 4.57. The summed E-state index contributed by atoms with van der Waals surface area (Å²) in [5, 5.41) is 12.8. The normalized spacial score (nSPS) is 33.0. The Morgan fingerprint density at radius 2 is 1.62 bits per heavy atom. The molecule has 138 valence electrons. The third-order valence-corrected chi connectivity index (χ3v) is 6.05. The van der Waals surface area contributed by atoms with Crippen LogP contribution in [0.1, 0.15) is 64.2 Å². The van der Waals surface area contributed by atoms with Crippen LogP contribution in [0.2, 0.25) is 0 Å². The summed E-state index contributed by atoms with van der Waals surface area (Å²) in [4.78, 5) is 17.2. The van der Waals surface area contributed by atoms with E-state index < -0.39 is 0 Å². The second-order valence-corrected chi connectivity index (χ2v) is 8.12. The van der Waals surface area contributed by atoms with E-state index in [1.54, 1.807) is 0 Å². The van der Waals surface area contributed by atoms with Crippen LogP contribution in [0.4, 0.5) is 4.79 Å². The van der Waals surface area contributed by atoms with Gasteiger partial charge in [0.15, 0.2) is 0 Å². The highest BCUT2D eigenvalue weighted by molar-refractivity contribution is 5.74. The van der Waals surface area contributed by atoms with E-state index in [1.807, 2.05) is 4.90 Å². The molecule has 5 heteroatoms. The van der Waals surface area contributed by atoms with Gasteiger partial charge in [0.25, 0.3) is 0 Å². The van der Waals surface area contributed by atoms with Crippen molar-refractivity contribution in [2.45, 2.75) is 76.4 Å². The number of urea groups is 1. The summed E-state index contributed by atoms with van der Waals surface area (Å²) >= 11 is 0. The zero-order chi connectivity index (χ0) is 16.8. The highest BCUT2D eigenvalue weighted by Crippen LogP contribution is 2.22. The van der Waals surface area contributed by atoms with Crippen LogP contribution >= 0.6 is 0 Å². The van der Waals surface area contributed by atoms with Gasteiger partial charge in [-0.25, -0.2) is 4.79 Å². The minimum atomic E-state index is -0.161. The van der Waals surface area contributed by atoms with Crippen LogP contribution < -0.4 is 5.32 Å². The number of hydrogen-bond acceptors (Lipinski definition) is 3. The average molecular weight is 338 g/mol. The van der Waals surface area contributed by atoms with Crippen LogP contribution in [-0.4, -0.2) is 65.8 Å². The number of carbonyl (C=O) groups is 1. The van der Waals surface area contributed by atoms with Crippen molar-refractivity contribution >= 4 is 6.03 Å². The van der Waals surface area contributed by atoms with Crippen molar-refractivity contribution in [1.29, 1.82) is 0 Å². The summed E-state index contributed by atoms with van der Waals surface area (Å²) < 4.78 is 0. The molecule has 0 bridgehead atoms. The van der Waals surface area contributed by atoms with Crippen molar-refractivity contribution < 1.29 is 9.90 Å². The van der Waals surface area contributed by atoms with E-state index in [1.165, 1.54) is 51.7 Å². The SMILES string of the molecule is O=C(NC1CCC(O)CC1)N1CCC[C@@H](CN2CCCCCC2)C1. The van der Waals surface area contributed by atoms with Crippen LogP contribution in [0.3, 0.4) is 0 Å². The van der Waals surface area contributed by atoms with Crippen molar-refractivity contribution in [2.24, 2.45) is 5.92 Å². The zero-order valence-electron chi connectivity index (χ0n) is 15.1. The molecule has 0 radical (unpaired) electrons. The fourth-order valence-electron chi connectivity index (χ4n) is 4.57. The number of aliphatic hydroxyl groups is 1. The lowest BCUT2D eigenvalue weighted by Gasteiger charge is -2.37. The van der Waals surface area contributed by atoms with Crippen molar-refractivity contribution in [1.82, 2.24) is 15.1 Å².